The van der Waals surface area contributed by atoms with E-state index in [-0.39, 0.29) is 17.6 Å². The highest BCUT2D eigenvalue weighted by molar-refractivity contribution is 7.92. The highest BCUT2D eigenvalue weighted by atomic mass is 35.5. The quantitative estimate of drug-likeness (QED) is 0.909. The number of hydrogen-bond donors (Lipinski definition) is 1. The van der Waals surface area contributed by atoms with Crippen LogP contribution in [0.5, 0.6) is 0 Å². The van der Waals surface area contributed by atoms with Crippen LogP contribution in [0.1, 0.15) is 32.4 Å². The van der Waals surface area contributed by atoms with Gasteiger partial charge in [-0.25, -0.2) is 12.8 Å². The van der Waals surface area contributed by atoms with Crippen LogP contribution in [0, 0.1) is 5.82 Å². The van der Waals surface area contributed by atoms with E-state index in [2.05, 4.69) is 5.32 Å². The van der Waals surface area contributed by atoms with E-state index >= 15 is 0 Å². The molecule has 3 nitrogen and oxygen atoms in total. The number of benzene rings is 1. The van der Waals surface area contributed by atoms with Gasteiger partial charge in [-0.2, -0.15) is 0 Å². The van der Waals surface area contributed by atoms with E-state index in [0.717, 1.165) is 5.56 Å². The maximum Gasteiger partial charge on any atom is 0.153 e. The fraction of sp³-hybridized carbons (Fsp3) is 0.538. The molecule has 6 heteroatoms. The van der Waals surface area contributed by atoms with Gasteiger partial charge in [-0.15, -0.1) is 0 Å². The zero-order valence-corrected chi connectivity index (χ0v) is 13.1. The summed E-state index contributed by atoms with van der Waals surface area (Å²) >= 11 is 5.62. The second-order valence-electron chi connectivity index (χ2n) is 5.31. The average molecular weight is 308 g/mol. The minimum Gasteiger partial charge on any atom is -0.309 e. The van der Waals surface area contributed by atoms with Crippen LogP contribution >= 0.6 is 11.6 Å². The first-order valence-corrected chi connectivity index (χ1v) is 8.19. The van der Waals surface area contributed by atoms with E-state index in [1.54, 1.807) is 19.9 Å². The van der Waals surface area contributed by atoms with Gasteiger partial charge in [0.05, 0.1) is 9.77 Å². The Bertz CT molecular complexity index is 558. The minimum atomic E-state index is -3.15. The summed E-state index contributed by atoms with van der Waals surface area (Å²) in [7, 11) is -3.15. The van der Waals surface area contributed by atoms with Crippen molar-refractivity contribution < 1.29 is 12.8 Å². The first-order valence-electron chi connectivity index (χ1n) is 5.92. The molecule has 1 rings (SSSR count). The average Bonchev–Trinajstić information content (AvgIpc) is 2.28. The van der Waals surface area contributed by atoms with Gasteiger partial charge in [0.25, 0.3) is 0 Å². The summed E-state index contributed by atoms with van der Waals surface area (Å²) in [5.41, 5.74) is 0.728. The molecule has 0 spiro atoms. The third-order valence-electron chi connectivity index (χ3n) is 3.28. The Labute approximate surface area is 119 Å². The molecule has 0 aliphatic heterocycles. The van der Waals surface area contributed by atoms with E-state index in [0.29, 0.717) is 0 Å². The molecule has 1 N–H and O–H groups in total. The summed E-state index contributed by atoms with van der Waals surface area (Å²) in [5.74, 6) is -0.477. The molecule has 1 atom stereocenters. The first-order chi connectivity index (χ1) is 8.54. The van der Waals surface area contributed by atoms with Crippen molar-refractivity contribution >= 4 is 21.4 Å². The Kier molecular flexibility index (Phi) is 4.98. The largest absolute Gasteiger partial charge is 0.309 e. The Balaban J connectivity index is 2.76. The summed E-state index contributed by atoms with van der Waals surface area (Å²) in [6.07, 6.45) is 1.21. The molecule has 0 amide bonds. The molecule has 0 aliphatic rings. The van der Waals surface area contributed by atoms with Gasteiger partial charge >= 0.3 is 0 Å². The van der Waals surface area contributed by atoms with Gasteiger partial charge in [-0.3, -0.25) is 0 Å². The molecular formula is C13H19ClFNO2S. The van der Waals surface area contributed by atoms with Crippen molar-refractivity contribution in [2.45, 2.75) is 31.6 Å². The van der Waals surface area contributed by atoms with Gasteiger partial charge in [-0.05, 0) is 38.5 Å². The van der Waals surface area contributed by atoms with E-state index in [4.69, 9.17) is 11.6 Å². The highest BCUT2D eigenvalue weighted by Gasteiger charge is 2.30. The molecule has 0 saturated carbocycles. The fourth-order valence-corrected chi connectivity index (χ4v) is 1.89. The Morgan fingerprint density at radius 2 is 2.00 bits per heavy atom. The van der Waals surface area contributed by atoms with Gasteiger partial charge in [0.15, 0.2) is 9.84 Å². The normalized spacial score (nSPS) is 14.4. The molecule has 19 heavy (non-hydrogen) atoms. The maximum atomic E-state index is 13.3. The third-order valence-corrected chi connectivity index (χ3v) is 5.74. The van der Waals surface area contributed by atoms with Crippen LogP contribution in [0.2, 0.25) is 5.02 Å². The Morgan fingerprint density at radius 1 is 1.42 bits per heavy atom. The van der Waals surface area contributed by atoms with Crippen molar-refractivity contribution in [1.29, 1.82) is 0 Å². The molecular weight excluding hydrogens is 289 g/mol. The van der Waals surface area contributed by atoms with E-state index in [1.807, 2.05) is 6.92 Å². The predicted octanol–water partition coefficient (Wildman–Crippen LogP) is 2.95. The first kappa shape index (κ1) is 16.4. The lowest BCUT2D eigenvalue weighted by atomic mass is 10.1. The fourth-order valence-electron chi connectivity index (χ4n) is 1.43. The van der Waals surface area contributed by atoms with Gasteiger partial charge in [0.2, 0.25) is 0 Å². The summed E-state index contributed by atoms with van der Waals surface area (Å²) in [6, 6.07) is 4.41. The lowest BCUT2D eigenvalue weighted by molar-refractivity contribution is 0.487. The van der Waals surface area contributed by atoms with Gasteiger partial charge in [0, 0.05) is 18.8 Å². The Morgan fingerprint density at radius 3 is 2.47 bits per heavy atom. The van der Waals surface area contributed by atoms with Crippen molar-refractivity contribution in [3.05, 3.63) is 34.6 Å². The van der Waals surface area contributed by atoms with Crippen LogP contribution in [-0.2, 0) is 9.84 Å². The Hall–Kier alpha value is -0.650. The number of hydrogen-bond acceptors (Lipinski definition) is 3. The van der Waals surface area contributed by atoms with Crippen molar-refractivity contribution in [3.8, 4) is 0 Å². The van der Waals surface area contributed by atoms with Crippen molar-refractivity contribution in [2.24, 2.45) is 0 Å². The van der Waals surface area contributed by atoms with Crippen LogP contribution in [0.4, 0.5) is 4.39 Å². The summed E-state index contributed by atoms with van der Waals surface area (Å²) in [6.45, 7) is 5.45. The molecule has 0 saturated heterocycles. The number of halogens is 2. The zero-order chi connectivity index (χ0) is 14.8. The number of sulfone groups is 1. The maximum absolute atomic E-state index is 13.3. The molecule has 0 fully saturated rings. The van der Waals surface area contributed by atoms with E-state index < -0.39 is 20.4 Å². The van der Waals surface area contributed by atoms with Crippen LogP contribution in [-0.4, -0.2) is 26.0 Å². The predicted molar refractivity (Wildman–Crippen MR) is 76.8 cm³/mol. The minimum absolute atomic E-state index is 0.0763. The monoisotopic (exact) mass is 307 g/mol. The lowest BCUT2D eigenvalue weighted by Gasteiger charge is -2.25. The number of nitrogens with one attached hydrogen (secondary N) is 1. The van der Waals surface area contributed by atoms with Crippen LogP contribution < -0.4 is 5.32 Å². The summed E-state index contributed by atoms with van der Waals surface area (Å²) in [5, 5.41) is 3.18. The standard InChI is InChI=1S/C13H19ClFNO2S/c1-9(10-5-6-11(14)12(15)7-10)16-8-13(2,3)19(4,17)18/h5-7,9,16H,8H2,1-4H3. The molecule has 0 bridgehead atoms. The van der Waals surface area contributed by atoms with Crippen LogP contribution in [0.25, 0.3) is 0 Å². The molecule has 1 aromatic rings. The molecule has 1 aromatic carbocycles. The molecule has 0 aromatic heterocycles. The van der Waals surface area contributed by atoms with Crippen LogP contribution in [0.15, 0.2) is 18.2 Å². The smallest absolute Gasteiger partial charge is 0.153 e. The van der Waals surface area contributed by atoms with E-state index in [1.165, 1.54) is 18.4 Å². The highest BCUT2D eigenvalue weighted by Crippen LogP contribution is 2.21. The van der Waals surface area contributed by atoms with Crippen LogP contribution in [0.3, 0.4) is 0 Å². The van der Waals surface area contributed by atoms with E-state index in [9.17, 15) is 12.8 Å². The second kappa shape index (κ2) is 5.77. The third kappa shape index (κ3) is 4.16. The van der Waals surface area contributed by atoms with Crippen molar-refractivity contribution in [2.75, 3.05) is 12.8 Å². The van der Waals surface area contributed by atoms with Gasteiger partial charge in [0.1, 0.15) is 5.82 Å². The van der Waals surface area contributed by atoms with Gasteiger partial charge in [-0.1, -0.05) is 17.7 Å². The van der Waals surface area contributed by atoms with Gasteiger partial charge < -0.3 is 5.32 Å². The van der Waals surface area contributed by atoms with Crippen molar-refractivity contribution in [1.82, 2.24) is 5.32 Å². The molecule has 0 heterocycles. The molecule has 0 aliphatic carbocycles. The number of rotatable bonds is 5. The zero-order valence-electron chi connectivity index (χ0n) is 11.5. The molecule has 1 unspecified atom stereocenters. The topological polar surface area (TPSA) is 46.2 Å². The SMILES string of the molecule is CC(NCC(C)(C)S(C)(=O)=O)c1ccc(Cl)c(F)c1. The molecule has 0 radical (unpaired) electrons. The summed E-state index contributed by atoms with van der Waals surface area (Å²) in [4.78, 5) is 0. The lowest BCUT2D eigenvalue weighted by Crippen LogP contribution is -2.42. The van der Waals surface area contributed by atoms with Crippen molar-refractivity contribution in [3.63, 3.8) is 0 Å². The summed E-state index contributed by atoms with van der Waals surface area (Å²) < 4.78 is 35.6. The molecule has 108 valence electrons. The second-order valence-corrected chi connectivity index (χ2v) is 8.36.